The van der Waals surface area contributed by atoms with Crippen LogP contribution in [-0.2, 0) is 9.53 Å². The van der Waals surface area contributed by atoms with E-state index in [1.165, 1.54) is 77.4 Å². The number of fused-ring (bicyclic) bond motifs is 5. The van der Waals surface area contributed by atoms with Crippen molar-refractivity contribution in [3.63, 3.8) is 0 Å². The summed E-state index contributed by atoms with van der Waals surface area (Å²) in [6, 6.07) is 0. The minimum absolute atomic E-state index is 0.100. The highest BCUT2D eigenvalue weighted by molar-refractivity contribution is 5.92. The van der Waals surface area contributed by atoms with Crippen LogP contribution in [0.2, 0.25) is 0 Å². The predicted molar refractivity (Wildman–Crippen MR) is 130 cm³/mol. The molecule has 4 nitrogen and oxygen atoms in total. The van der Waals surface area contributed by atoms with Gasteiger partial charge >= 0.3 is 5.97 Å². The lowest BCUT2D eigenvalue weighted by atomic mass is 9.48. The molecule has 5 aliphatic rings. The van der Waals surface area contributed by atoms with Gasteiger partial charge in [0, 0.05) is 31.0 Å². The Kier molecular flexibility index (Phi) is 6.28. The van der Waals surface area contributed by atoms with Gasteiger partial charge in [-0.1, -0.05) is 25.5 Å². The molecule has 6 atom stereocenters. The smallest absolute Gasteiger partial charge is 0.302 e. The predicted octanol–water partition coefficient (Wildman–Crippen LogP) is 5.81. The molecule has 32 heavy (non-hydrogen) atoms. The molecule has 4 aliphatic carbocycles. The zero-order chi connectivity index (χ0) is 22.3. The van der Waals surface area contributed by atoms with Crippen LogP contribution in [0.25, 0.3) is 0 Å². The second kappa shape index (κ2) is 8.89. The fourth-order valence-electron chi connectivity index (χ4n) is 8.53. The average Bonchev–Trinajstić information content (AvgIpc) is 3.38. The summed E-state index contributed by atoms with van der Waals surface area (Å²) >= 11 is 0. The van der Waals surface area contributed by atoms with E-state index >= 15 is 0 Å². The Balaban J connectivity index is 1.25. The second-order valence-corrected chi connectivity index (χ2v) is 12.0. The van der Waals surface area contributed by atoms with Crippen molar-refractivity contribution >= 4 is 11.7 Å². The lowest BCUT2D eigenvalue weighted by Crippen LogP contribution is -2.50. The standard InChI is InChI=1S/C28H44N2O2/c1-20(31)32-22-11-13-27(2)21(19-22)7-8-23-24-9-10-26(28(24,3)14-12-25(23)27)29-15-6-18-30-16-4-5-17-30/h7,22-25H,4-6,8-19H2,1-3H3/t22-,23-,24-,25-,27-,28-/m0/s1. The fraction of sp³-hybridized carbons (Fsp3) is 0.857. The summed E-state index contributed by atoms with van der Waals surface area (Å²) in [5.74, 6) is 2.29. The Morgan fingerprint density at radius 3 is 2.66 bits per heavy atom. The minimum atomic E-state index is -0.125. The summed E-state index contributed by atoms with van der Waals surface area (Å²) < 4.78 is 5.60. The van der Waals surface area contributed by atoms with Gasteiger partial charge in [-0.15, -0.1) is 0 Å². The molecule has 1 aliphatic heterocycles. The molecule has 1 heterocycles. The SMILES string of the molecule is CC(=O)O[C@H]1CC[C@@]2(C)C(=CC[C@@H]3[C@@H]2CC[C@]2(C)C(=NCCCN4CCCC4)CC[C@@H]32)C1. The van der Waals surface area contributed by atoms with E-state index in [1.807, 2.05) is 0 Å². The van der Waals surface area contributed by atoms with Gasteiger partial charge in [0.25, 0.3) is 0 Å². The third kappa shape index (κ3) is 3.99. The number of aliphatic imine (C=N–C) groups is 1. The average molecular weight is 441 g/mol. The molecule has 0 spiro atoms. The number of hydrogen-bond donors (Lipinski definition) is 0. The minimum Gasteiger partial charge on any atom is -0.462 e. The maximum Gasteiger partial charge on any atom is 0.302 e. The van der Waals surface area contributed by atoms with E-state index in [0.29, 0.717) is 10.8 Å². The summed E-state index contributed by atoms with van der Waals surface area (Å²) in [4.78, 5) is 19.3. The zero-order valence-corrected chi connectivity index (χ0v) is 20.7. The Labute approximate surface area is 195 Å². The monoisotopic (exact) mass is 440 g/mol. The molecule has 0 bridgehead atoms. The number of rotatable bonds is 5. The van der Waals surface area contributed by atoms with Crippen molar-refractivity contribution in [3.05, 3.63) is 11.6 Å². The van der Waals surface area contributed by atoms with E-state index in [1.54, 1.807) is 18.2 Å². The first-order valence-electron chi connectivity index (χ1n) is 13.5. The van der Waals surface area contributed by atoms with Crippen molar-refractivity contribution < 1.29 is 9.53 Å². The Hall–Kier alpha value is -1.16. The molecule has 3 saturated carbocycles. The summed E-state index contributed by atoms with van der Waals surface area (Å²) in [6.45, 7) is 11.5. The number of likely N-dealkylation sites (tertiary alicyclic amines) is 1. The number of allylic oxidation sites excluding steroid dienone is 1. The summed E-state index contributed by atoms with van der Waals surface area (Å²) in [5.41, 5.74) is 3.80. The first kappa shape index (κ1) is 22.6. The number of ether oxygens (including phenoxy) is 1. The van der Waals surface area contributed by atoms with E-state index in [4.69, 9.17) is 9.73 Å². The largest absolute Gasteiger partial charge is 0.462 e. The van der Waals surface area contributed by atoms with Crippen LogP contribution < -0.4 is 0 Å². The third-order valence-electron chi connectivity index (χ3n) is 10.3. The van der Waals surface area contributed by atoms with Crippen LogP contribution in [-0.4, -0.2) is 48.9 Å². The molecule has 1 saturated heterocycles. The molecule has 0 aromatic rings. The summed E-state index contributed by atoms with van der Waals surface area (Å²) in [7, 11) is 0. The van der Waals surface area contributed by atoms with Crippen LogP contribution in [0.4, 0.5) is 0 Å². The Bertz CT molecular complexity index is 782. The molecule has 0 unspecified atom stereocenters. The number of carbonyl (C=O) groups excluding carboxylic acids is 1. The van der Waals surface area contributed by atoms with Gasteiger partial charge in [-0.05, 0) is 107 Å². The highest BCUT2D eigenvalue weighted by Crippen LogP contribution is 2.64. The molecule has 0 aromatic heterocycles. The number of carbonyl (C=O) groups is 1. The van der Waals surface area contributed by atoms with Gasteiger partial charge in [0.15, 0.2) is 0 Å². The molecule has 0 amide bonds. The van der Waals surface area contributed by atoms with Crippen molar-refractivity contribution in [1.29, 1.82) is 0 Å². The van der Waals surface area contributed by atoms with Crippen molar-refractivity contribution in [2.75, 3.05) is 26.2 Å². The zero-order valence-electron chi connectivity index (χ0n) is 20.7. The van der Waals surface area contributed by atoms with Crippen molar-refractivity contribution in [2.24, 2.45) is 33.6 Å². The summed E-state index contributed by atoms with van der Waals surface area (Å²) in [6.07, 6.45) is 16.3. The molecule has 0 aromatic carbocycles. The first-order valence-corrected chi connectivity index (χ1v) is 13.5. The van der Waals surface area contributed by atoms with Crippen molar-refractivity contribution in [1.82, 2.24) is 4.90 Å². The van der Waals surface area contributed by atoms with Gasteiger partial charge < -0.3 is 9.64 Å². The Morgan fingerprint density at radius 1 is 1.12 bits per heavy atom. The number of nitrogens with zero attached hydrogens (tertiary/aromatic N) is 2. The van der Waals surface area contributed by atoms with Crippen LogP contribution in [0.3, 0.4) is 0 Å². The van der Waals surface area contributed by atoms with Gasteiger partial charge in [-0.3, -0.25) is 9.79 Å². The van der Waals surface area contributed by atoms with Gasteiger partial charge in [0.2, 0.25) is 0 Å². The normalized spacial score (nSPS) is 42.8. The van der Waals surface area contributed by atoms with E-state index in [2.05, 4.69) is 24.8 Å². The highest BCUT2D eigenvalue weighted by Gasteiger charge is 2.57. The molecule has 5 rings (SSSR count). The van der Waals surface area contributed by atoms with Crippen molar-refractivity contribution in [3.8, 4) is 0 Å². The fourth-order valence-corrected chi connectivity index (χ4v) is 8.53. The van der Waals surface area contributed by atoms with Gasteiger partial charge in [-0.2, -0.15) is 0 Å². The topological polar surface area (TPSA) is 41.9 Å². The van der Waals surface area contributed by atoms with E-state index < -0.39 is 0 Å². The van der Waals surface area contributed by atoms with E-state index in [0.717, 1.165) is 37.1 Å². The lowest BCUT2D eigenvalue weighted by Gasteiger charge is -2.57. The van der Waals surface area contributed by atoms with Crippen LogP contribution in [0.1, 0.15) is 91.4 Å². The van der Waals surface area contributed by atoms with Crippen LogP contribution in [0.15, 0.2) is 16.6 Å². The number of hydrogen-bond acceptors (Lipinski definition) is 4. The molecule has 4 fully saturated rings. The summed E-state index contributed by atoms with van der Waals surface area (Å²) in [5, 5.41) is 0. The molecule has 4 heteroatoms. The Morgan fingerprint density at radius 2 is 1.88 bits per heavy atom. The lowest BCUT2D eigenvalue weighted by molar-refractivity contribution is -0.148. The highest BCUT2D eigenvalue weighted by atomic mass is 16.5. The molecule has 0 N–H and O–H groups in total. The molecule has 0 radical (unpaired) electrons. The second-order valence-electron chi connectivity index (χ2n) is 12.0. The first-order chi connectivity index (χ1) is 15.4. The van der Waals surface area contributed by atoms with E-state index in [9.17, 15) is 4.79 Å². The van der Waals surface area contributed by atoms with Gasteiger partial charge in [0.1, 0.15) is 6.10 Å². The van der Waals surface area contributed by atoms with Crippen LogP contribution in [0, 0.1) is 28.6 Å². The van der Waals surface area contributed by atoms with Gasteiger partial charge in [0.05, 0.1) is 0 Å². The van der Waals surface area contributed by atoms with E-state index in [-0.39, 0.29) is 12.1 Å². The molecular weight excluding hydrogens is 396 g/mol. The van der Waals surface area contributed by atoms with Crippen LogP contribution in [0.5, 0.6) is 0 Å². The maximum atomic E-state index is 11.5. The van der Waals surface area contributed by atoms with Crippen molar-refractivity contribution in [2.45, 2.75) is 97.5 Å². The molecule has 178 valence electrons. The quantitative estimate of drug-likeness (QED) is 0.308. The number of esters is 1. The van der Waals surface area contributed by atoms with Gasteiger partial charge in [-0.25, -0.2) is 0 Å². The maximum absolute atomic E-state index is 11.5. The molecular formula is C28H44N2O2. The third-order valence-corrected chi connectivity index (χ3v) is 10.3. The van der Waals surface area contributed by atoms with Crippen LogP contribution >= 0.6 is 0 Å².